The number of benzene rings is 1. The first-order chi connectivity index (χ1) is 6.57. The van der Waals surface area contributed by atoms with E-state index in [4.69, 9.17) is 16.7 Å². The third kappa shape index (κ3) is 2.02. The number of phenolic OH excluding ortho intramolecular Hbond substituents is 3. The van der Waals surface area contributed by atoms with Gasteiger partial charge < -0.3 is 20.4 Å². The third-order valence-corrected chi connectivity index (χ3v) is 2.30. The zero-order valence-electron chi connectivity index (χ0n) is 7.37. The summed E-state index contributed by atoms with van der Waals surface area (Å²) >= 11 is 5.70. The Morgan fingerprint density at radius 3 is 2.36 bits per heavy atom. The van der Waals surface area contributed by atoms with Crippen LogP contribution in [-0.4, -0.2) is 27.0 Å². The smallest absolute Gasteiger partial charge is 0.162 e. The number of aliphatic hydroxyl groups is 1. The lowest BCUT2D eigenvalue weighted by atomic mass is 10.1. The molecule has 0 amide bonds. The normalized spacial score (nSPS) is 10.4. The van der Waals surface area contributed by atoms with Gasteiger partial charge >= 0.3 is 0 Å². The molecule has 0 aliphatic rings. The second kappa shape index (κ2) is 4.39. The van der Waals surface area contributed by atoms with Gasteiger partial charge in [0.25, 0.3) is 0 Å². The monoisotopic (exact) mass is 218 g/mol. The summed E-state index contributed by atoms with van der Waals surface area (Å²) in [4.78, 5) is 0. The van der Waals surface area contributed by atoms with E-state index in [1.807, 2.05) is 0 Å². The molecule has 0 radical (unpaired) electrons. The lowest BCUT2D eigenvalue weighted by Gasteiger charge is -2.09. The molecule has 78 valence electrons. The van der Waals surface area contributed by atoms with Crippen LogP contribution in [0.4, 0.5) is 0 Å². The highest BCUT2D eigenvalue weighted by Gasteiger charge is 2.14. The van der Waals surface area contributed by atoms with E-state index >= 15 is 0 Å². The van der Waals surface area contributed by atoms with E-state index < -0.39 is 5.75 Å². The molecule has 0 heterocycles. The molecule has 4 N–H and O–H groups in total. The van der Waals surface area contributed by atoms with Crippen molar-refractivity contribution in [1.82, 2.24) is 0 Å². The molecule has 4 nitrogen and oxygen atoms in total. The maximum Gasteiger partial charge on any atom is 0.162 e. The Balaban J connectivity index is 3.11. The largest absolute Gasteiger partial charge is 0.506 e. The van der Waals surface area contributed by atoms with Crippen LogP contribution in [0.15, 0.2) is 6.07 Å². The molecule has 0 aromatic heterocycles. The van der Waals surface area contributed by atoms with Crippen LogP contribution in [0.3, 0.4) is 0 Å². The Labute approximate surface area is 86.0 Å². The molecule has 0 atom stereocenters. The Morgan fingerprint density at radius 2 is 1.79 bits per heavy atom. The van der Waals surface area contributed by atoms with Crippen LogP contribution in [0.5, 0.6) is 17.2 Å². The molecule has 0 saturated heterocycles. The van der Waals surface area contributed by atoms with Crippen molar-refractivity contribution in [1.29, 1.82) is 0 Å². The number of rotatable bonds is 3. The van der Waals surface area contributed by atoms with Gasteiger partial charge in [0.05, 0.1) is 5.02 Å². The molecule has 0 aliphatic heterocycles. The summed E-state index contributed by atoms with van der Waals surface area (Å²) < 4.78 is 0. The van der Waals surface area contributed by atoms with E-state index in [0.29, 0.717) is 12.8 Å². The Morgan fingerprint density at radius 1 is 1.14 bits per heavy atom. The van der Waals surface area contributed by atoms with Crippen LogP contribution >= 0.6 is 11.6 Å². The maximum absolute atomic E-state index is 9.40. The quantitative estimate of drug-likeness (QED) is 0.457. The molecule has 0 bridgehead atoms. The minimum Gasteiger partial charge on any atom is -0.506 e. The van der Waals surface area contributed by atoms with Crippen molar-refractivity contribution in [3.8, 4) is 17.2 Å². The fourth-order valence-electron chi connectivity index (χ4n) is 1.16. The fraction of sp³-hybridized carbons (Fsp3) is 0.333. The molecule has 0 saturated carbocycles. The highest BCUT2D eigenvalue weighted by atomic mass is 35.5. The van der Waals surface area contributed by atoms with E-state index in [-0.39, 0.29) is 28.7 Å². The van der Waals surface area contributed by atoms with E-state index in [9.17, 15) is 15.3 Å². The molecule has 0 fully saturated rings. The van der Waals surface area contributed by atoms with Crippen LogP contribution < -0.4 is 0 Å². The van der Waals surface area contributed by atoms with Crippen LogP contribution in [0.1, 0.15) is 12.0 Å². The summed E-state index contributed by atoms with van der Waals surface area (Å²) in [7, 11) is 0. The van der Waals surface area contributed by atoms with Gasteiger partial charge in [0.15, 0.2) is 11.5 Å². The van der Waals surface area contributed by atoms with Crippen molar-refractivity contribution in [3.05, 3.63) is 16.7 Å². The molecule has 5 heteroatoms. The molecular formula is C9H11ClO4. The molecular weight excluding hydrogens is 208 g/mol. The van der Waals surface area contributed by atoms with Gasteiger partial charge in [-0.25, -0.2) is 0 Å². The Hall–Kier alpha value is -1.13. The average Bonchev–Trinajstić information content (AvgIpc) is 2.15. The topological polar surface area (TPSA) is 80.9 Å². The van der Waals surface area contributed by atoms with E-state index in [2.05, 4.69) is 0 Å². The van der Waals surface area contributed by atoms with Gasteiger partial charge in [-0.15, -0.1) is 0 Å². The average molecular weight is 219 g/mol. The highest BCUT2D eigenvalue weighted by Crippen LogP contribution is 2.40. The molecule has 0 aliphatic carbocycles. The minimum atomic E-state index is -0.417. The lowest BCUT2D eigenvalue weighted by Crippen LogP contribution is -1.92. The summed E-state index contributed by atoms with van der Waals surface area (Å²) in [5, 5.41) is 36.4. The van der Waals surface area contributed by atoms with Gasteiger partial charge in [-0.05, 0) is 12.8 Å². The zero-order chi connectivity index (χ0) is 10.7. The molecule has 0 unspecified atom stereocenters. The van der Waals surface area contributed by atoms with Crippen LogP contribution in [0.25, 0.3) is 0 Å². The minimum absolute atomic E-state index is 0.00810. The summed E-state index contributed by atoms with van der Waals surface area (Å²) in [5.41, 5.74) is 0.248. The van der Waals surface area contributed by atoms with Gasteiger partial charge in [0, 0.05) is 18.2 Å². The number of hydrogen-bond acceptors (Lipinski definition) is 4. The SMILES string of the molecule is OCCCc1c(O)c(O)cc(O)c1Cl. The number of halogens is 1. The second-order valence-corrected chi connectivity index (χ2v) is 3.26. The van der Waals surface area contributed by atoms with Crippen molar-refractivity contribution >= 4 is 11.6 Å². The van der Waals surface area contributed by atoms with Gasteiger partial charge in [-0.1, -0.05) is 11.6 Å². The van der Waals surface area contributed by atoms with Crippen molar-refractivity contribution in [2.45, 2.75) is 12.8 Å². The number of hydrogen-bond donors (Lipinski definition) is 4. The van der Waals surface area contributed by atoms with Gasteiger partial charge in [-0.3, -0.25) is 0 Å². The number of phenols is 3. The number of aliphatic hydroxyl groups excluding tert-OH is 1. The summed E-state index contributed by atoms with van der Waals surface area (Å²) in [6, 6.07) is 0.972. The lowest BCUT2D eigenvalue weighted by molar-refractivity contribution is 0.287. The van der Waals surface area contributed by atoms with Crippen molar-refractivity contribution in [2.24, 2.45) is 0 Å². The Kier molecular flexibility index (Phi) is 3.43. The highest BCUT2D eigenvalue weighted by molar-refractivity contribution is 6.33. The molecule has 14 heavy (non-hydrogen) atoms. The van der Waals surface area contributed by atoms with E-state index in [0.717, 1.165) is 6.07 Å². The van der Waals surface area contributed by atoms with Gasteiger partial charge in [0.1, 0.15) is 5.75 Å². The third-order valence-electron chi connectivity index (χ3n) is 1.88. The van der Waals surface area contributed by atoms with Crippen LogP contribution in [0.2, 0.25) is 5.02 Å². The van der Waals surface area contributed by atoms with E-state index in [1.165, 1.54) is 0 Å². The first-order valence-electron chi connectivity index (χ1n) is 4.11. The van der Waals surface area contributed by atoms with E-state index in [1.54, 1.807) is 0 Å². The molecule has 1 aromatic rings. The Bertz CT molecular complexity index is 312. The van der Waals surface area contributed by atoms with Crippen LogP contribution in [-0.2, 0) is 6.42 Å². The predicted octanol–water partition coefficient (Wildman–Crippen LogP) is 1.38. The van der Waals surface area contributed by atoms with Crippen molar-refractivity contribution in [2.75, 3.05) is 6.61 Å². The summed E-state index contributed by atoms with van der Waals surface area (Å²) in [6.45, 7) is -0.0494. The molecule has 0 spiro atoms. The predicted molar refractivity (Wildman–Crippen MR) is 51.9 cm³/mol. The zero-order valence-corrected chi connectivity index (χ0v) is 8.12. The standard InChI is InChI=1S/C9H11ClO4/c10-8-5(2-1-3-11)9(14)7(13)4-6(8)12/h4,11-14H,1-3H2. The second-order valence-electron chi connectivity index (χ2n) is 2.88. The first-order valence-corrected chi connectivity index (χ1v) is 4.48. The maximum atomic E-state index is 9.40. The van der Waals surface area contributed by atoms with Crippen LogP contribution in [0, 0.1) is 0 Å². The molecule has 1 aromatic carbocycles. The fourth-order valence-corrected chi connectivity index (χ4v) is 1.40. The number of aromatic hydroxyl groups is 3. The van der Waals surface area contributed by atoms with Gasteiger partial charge in [-0.2, -0.15) is 0 Å². The molecule has 1 rings (SSSR count). The van der Waals surface area contributed by atoms with Gasteiger partial charge in [0.2, 0.25) is 0 Å². The first kappa shape index (κ1) is 10.9. The van der Waals surface area contributed by atoms with Crippen molar-refractivity contribution < 1.29 is 20.4 Å². The summed E-state index contributed by atoms with van der Waals surface area (Å²) in [5.74, 6) is -1.05. The summed E-state index contributed by atoms with van der Waals surface area (Å²) in [6.07, 6.45) is 0.694. The van der Waals surface area contributed by atoms with Crippen molar-refractivity contribution in [3.63, 3.8) is 0 Å².